The van der Waals surface area contributed by atoms with Crippen LogP contribution in [0.2, 0.25) is 0 Å². The number of ether oxygens (including phenoxy) is 1. The summed E-state index contributed by atoms with van der Waals surface area (Å²) < 4.78 is 41.7. The number of halogens is 4. The maximum absolute atomic E-state index is 12.1. The summed E-state index contributed by atoms with van der Waals surface area (Å²) in [6.45, 7) is 0.107. The average molecular weight is 347 g/mol. The monoisotopic (exact) mass is 347 g/mol. The molecule has 1 aromatic heterocycles. The zero-order chi connectivity index (χ0) is 12.3. The number of rotatable bonds is 3. The molecule has 0 aliphatic rings. The van der Waals surface area contributed by atoms with Gasteiger partial charge in [0.15, 0.2) is 0 Å². The van der Waals surface area contributed by atoms with E-state index in [0.717, 1.165) is 0 Å². The smallest absolute Gasteiger partial charge is 0.383 e. The van der Waals surface area contributed by atoms with Crippen LogP contribution in [-0.4, -0.2) is 23.3 Å². The molecule has 1 rings (SSSR count). The van der Waals surface area contributed by atoms with Gasteiger partial charge in [0.25, 0.3) is 0 Å². The number of alkyl halides is 3. The molecule has 0 aliphatic carbocycles. The molecule has 0 spiro atoms. The number of nitrogens with zero attached hydrogens (tertiary/aromatic N) is 2. The van der Waals surface area contributed by atoms with E-state index in [0.29, 0.717) is 9.26 Å². The summed E-state index contributed by atoms with van der Waals surface area (Å²) in [5, 5.41) is 0. The molecule has 0 unspecified atom stereocenters. The van der Waals surface area contributed by atoms with Crippen LogP contribution in [0.15, 0.2) is 0 Å². The van der Waals surface area contributed by atoms with Gasteiger partial charge in [-0.2, -0.15) is 13.2 Å². The van der Waals surface area contributed by atoms with Gasteiger partial charge in [-0.05, 0) is 22.6 Å². The second-order valence-electron chi connectivity index (χ2n) is 3.01. The van der Waals surface area contributed by atoms with Crippen molar-refractivity contribution in [1.29, 1.82) is 0 Å². The summed E-state index contributed by atoms with van der Waals surface area (Å²) in [4.78, 5) is 7.35. The fourth-order valence-corrected chi connectivity index (χ4v) is 1.45. The van der Waals surface area contributed by atoms with Gasteiger partial charge in [-0.25, -0.2) is 9.97 Å². The lowest BCUT2D eigenvalue weighted by Crippen LogP contribution is -2.17. The van der Waals surface area contributed by atoms with Crippen molar-refractivity contribution in [3.05, 3.63) is 15.1 Å². The van der Waals surface area contributed by atoms with Crippen LogP contribution in [0, 0.1) is 3.57 Å². The summed E-state index contributed by atoms with van der Waals surface area (Å²) in [5.74, 6) is -0.292. The summed E-state index contributed by atoms with van der Waals surface area (Å²) in [5.41, 5.74) is 5.86. The van der Waals surface area contributed by atoms with Gasteiger partial charge in [0.05, 0.1) is 15.9 Å². The zero-order valence-corrected chi connectivity index (χ0v) is 10.5. The third-order valence-electron chi connectivity index (χ3n) is 1.63. The molecule has 1 heterocycles. The van der Waals surface area contributed by atoms with E-state index in [-0.39, 0.29) is 18.2 Å². The number of hydrogen-bond donors (Lipinski definition) is 1. The number of nitrogens with two attached hydrogens (primary N) is 1. The van der Waals surface area contributed by atoms with E-state index in [9.17, 15) is 13.2 Å². The molecule has 8 heteroatoms. The SMILES string of the molecule is COCc1nc(CC(F)(F)F)nc(N)c1I. The summed E-state index contributed by atoms with van der Waals surface area (Å²) in [7, 11) is 1.43. The normalized spacial score (nSPS) is 11.8. The van der Waals surface area contributed by atoms with E-state index in [2.05, 4.69) is 9.97 Å². The minimum Gasteiger partial charge on any atom is -0.383 e. The van der Waals surface area contributed by atoms with Crippen molar-refractivity contribution in [1.82, 2.24) is 9.97 Å². The molecule has 0 saturated heterocycles. The molecule has 0 saturated carbocycles. The lowest BCUT2D eigenvalue weighted by atomic mass is 10.3. The van der Waals surface area contributed by atoms with E-state index in [4.69, 9.17) is 10.5 Å². The van der Waals surface area contributed by atoms with Crippen molar-refractivity contribution in [3.8, 4) is 0 Å². The Labute approximate surface area is 104 Å². The van der Waals surface area contributed by atoms with Crippen molar-refractivity contribution >= 4 is 28.4 Å². The Bertz CT molecular complexity index is 384. The van der Waals surface area contributed by atoms with E-state index in [1.54, 1.807) is 0 Å². The minimum atomic E-state index is -4.34. The van der Waals surface area contributed by atoms with Crippen LogP contribution >= 0.6 is 22.6 Å². The Morgan fingerprint density at radius 3 is 2.50 bits per heavy atom. The standard InChI is InChI=1S/C8H9F3IN3O/c1-16-3-4-6(12)7(13)15-5(14-4)2-8(9,10)11/h2-3H2,1H3,(H2,13,14,15). The first kappa shape index (κ1) is 13.4. The molecular formula is C8H9F3IN3O. The van der Waals surface area contributed by atoms with Gasteiger partial charge in [-0.1, -0.05) is 0 Å². The van der Waals surface area contributed by atoms with Crippen molar-refractivity contribution in [2.24, 2.45) is 0 Å². The molecule has 16 heavy (non-hydrogen) atoms. The molecule has 4 nitrogen and oxygen atoms in total. The summed E-state index contributed by atoms with van der Waals surface area (Å²) in [6.07, 6.45) is -5.53. The minimum absolute atomic E-state index is 0.0434. The quantitative estimate of drug-likeness (QED) is 0.849. The maximum atomic E-state index is 12.1. The molecule has 90 valence electrons. The molecule has 0 radical (unpaired) electrons. The van der Waals surface area contributed by atoms with Crippen molar-refractivity contribution in [3.63, 3.8) is 0 Å². The van der Waals surface area contributed by atoms with E-state index in [1.807, 2.05) is 22.6 Å². The second kappa shape index (κ2) is 5.13. The van der Waals surface area contributed by atoms with Crippen LogP contribution in [0.3, 0.4) is 0 Å². The molecule has 0 atom stereocenters. The average Bonchev–Trinajstić information content (AvgIpc) is 2.11. The highest BCUT2D eigenvalue weighted by molar-refractivity contribution is 14.1. The third kappa shape index (κ3) is 3.74. The Morgan fingerprint density at radius 1 is 1.38 bits per heavy atom. The molecule has 0 fully saturated rings. The van der Waals surface area contributed by atoms with Gasteiger partial charge in [0.2, 0.25) is 0 Å². The van der Waals surface area contributed by atoms with Gasteiger partial charge >= 0.3 is 6.18 Å². The largest absolute Gasteiger partial charge is 0.396 e. The summed E-state index contributed by atoms with van der Waals surface area (Å²) in [6, 6.07) is 0. The lowest BCUT2D eigenvalue weighted by Gasteiger charge is -2.09. The van der Waals surface area contributed by atoms with Gasteiger partial charge in [0.1, 0.15) is 18.1 Å². The number of hydrogen-bond acceptors (Lipinski definition) is 4. The highest BCUT2D eigenvalue weighted by atomic mass is 127. The predicted molar refractivity (Wildman–Crippen MR) is 59.6 cm³/mol. The van der Waals surface area contributed by atoms with Crippen molar-refractivity contribution < 1.29 is 17.9 Å². The van der Waals surface area contributed by atoms with Crippen LogP contribution in [0.25, 0.3) is 0 Å². The third-order valence-corrected chi connectivity index (χ3v) is 2.81. The van der Waals surface area contributed by atoms with Crippen LogP contribution in [0.1, 0.15) is 11.5 Å². The molecule has 0 bridgehead atoms. The van der Waals surface area contributed by atoms with Crippen LogP contribution < -0.4 is 5.73 Å². The van der Waals surface area contributed by atoms with Gasteiger partial charge in [0, 0.05) is 7.11 Å². The van der Waals surface area contributed by atoms with E-state index in [1.165, 1.54) is 7.11 Å². The predicted octanol–water partition coefficient (Wildman–Crippen LogP) is 1.91. The first-order valence-corrected chi connectivity index (χ1v) is 5.28. The fraction of sp³-hybridized carbons (Fsp3) is 0.500. The molecule has 1 aromatic rings. The first-order chi connectivity index (χ1) is 7.33. The lowest BCUT2D eigenvalue weighted by molar-refractivity contribution is -0.128. The molecular weight excluding hydrogens is 338 g/mol. The number of anilines is 1. The Hall–Kier alpha value is -0.640. The maximum Gasteiger partial charge on any atom is 0.396 e. The Morgan fingerprint density at radius 2 is 2.00 bits per heavy atom. The number of nitrogen functional groups attached to an aromatic ring is 1. The molecule has 2 N–H and O–H groups in total. The number of aromatic nitrogens is 2. The van der Waals surface area contributed by atoms with Gasteiger partial charge < -0.3 is 10.5 Å². The highest BCUT2D eigenvalue weighted by Gasteiger charge is 2.30. The Balaban J connectivity index is 3.04. The summed E-state index contributed by atoms with van der Waals surface area (Å²) >= 11 is 1.87. The molecule has 0 amide bonds. The van der Waals surface area contributed by atoms with Crippen LogP contribution in [-0.2, 0) is 17.8 Å². The Kier molecular flexibility index (Phi) is 4.30. The van der Waals surface area contributed by atoms with Crippen molar-refractivity contribution in [2.75, 3.05) is 12.8 Å². The molecule has 0 aliphatic heterocycles. The van der Waals surface area contributed by atoms with Gasteiger partial charge in [-0.3, -0.25) is 0 Å². The van der Waals surface area contributed by atoms with Crippen molar-refractivity contribution in [2.45, 2.75) is 19.2 Å². The number of methoxy groups -OCH3 is 1. The zero-order valence-electron chi connectivity index (χ0n) is 8.31. The molecule has 0 aromatic carbocycles. The van der Waals surface area contributed by atoms with E-state index < -0.39 is 12.6 Å². The highest BCUT2D eigenvalue weighted by Crippen LogP contribution is 2.22. The van der Waals surface area contributed by atoms with Gasteiger partial charge in [-0.15, -0.1) is 0 Å². The fourth-order valence-electron chi connectivity index (χ4n) is 1.06. The van der Waals surface area contributed by atoms with Crippen LogP contribution in [0.4, 0.5) is 19.0 Å². The first-order valence-electron chi connectivity index (χ1n) is 4.20. The van der Waals surface area contributed by atoms with Crippen LogP contribution in [0.5, 0.6) is 0 Å². The van der Waals surface area contributed by atoms with E-state index >= 15 is 0 Å². The topological polar surface area (TPSA) is 61.0 Å². The second-order valence-corrected chi connectivity index (χ2v) is 4.09.